The highest BCUT2D eigenvalue weighted by Crippen LogP contribution is 2.29. The van der Waals surface area contributed by atoms with Crippen LogP contribution in [0, 0.1) is 5.92 Å². The maximum Gasteiger partial charge on any atom is 0.231 e. The Kier molecular flexibility index (Phi) is 6.81. The summed E-state index contributed by atoms with van der Waals surface area (Å²) >= 11 is 0. The third-order valence-corrected chi connectivity index (χ3v) is 3.74. The van der Waals surface area contributed by atoms with Gasteiger partial charge in [0.05, 0.1) is 5.92 Å². The molecule has 0 amide bonds. The second kappa shape index (κ2) is 7.90. The van der Waals surface area contributed by atoms with Crippen LogP contribution in [0.4, 0.5) is 0 Å². The Hall–Kier alpha value is -0.940. The van der Waals surface area contributed by atoms with Crippen LogP contribution in [0.3, 0.4) is 0 Å². The summed E-state index contributed by atoms with van der Waals surface area (Å²) in [6.45, 7) is 16.2. The van der Waals surface area contributed by atoms with Crippen LogP contribution in [-0.2, 0) is 10.3 Å². The van der Waals surface area contributed by atoms with Crippen molar-refractivity contribution < 1.29 is 9.26 Å². The van der Waals surface area contributed by atoms with E-state index < -0.39 is 5.60 Å². The standard InChI is InChI=1S/C16H31N3O2/c1-8-10-17-12(5)13(11(3)4)14-18-15(19-21-14)16(6,7)20-9-2/h11-13,17H,8-10H2,1-7H3. The highest BCUT2D eigenvalue weighted by atomic mass is 16.5. The van der Waals surface area contributed by atoms with Crippen molar-refractivity contribution in [3.63, 3.8) is 0 Å². The van der Waals surface area contributed by atoms with Crippen LogP contribution in [0.1, 0.15) is 72.5 Å². The van der Waals surface area contributed by atoms with Gasteiger partial charge in [0.15, 0.2) is 0 Å². The minimum absolute atomic E-state index is 0.204. The van der Waals surface area contributed by atoms with E-state index in [2.05, 4.69) is 43.2 Å². The first-order chi connectivity index (χ1) is 9.83. The number of hydrogen-bond acceptors (Lipinski definition) is 5. The van der Waals surface area contributed by atoms with Crippen LogP contribution in [0.15, 0.2) is 4.52 Å². The lowest BCUT2D eigenvalue weighted by atomic mass is 9.89. The summed E-state index contributed by atoms with van der Waals surface area (Å²) in [5, 5.41) is 7.66. The molecule has 122 valence electrons. The molecule has 0 aliphatic carbocycles. The Balaban J connectivity index is 2.93. The normalized spacial score (nSPS) is 15.4. The average molecular weight is 297 g/mol. The van der Waals surface area contributed by atoms with E-state index in [4.69, 9.17) is 9.26 Å². The van der Waals surface area contributed by atoms with Crippen molar-refractivity contribution in [1.82, 2.24) is 15.5 Å². The molecule has 1 aromatic heterocycles. The molecule has 0 radical (unpaired) electrons. The van der Waals surface area contributed by atoms with Gasteiger partial charge in [-0.2, -0.15) is 4.98 Å². The van der Waals surface area contributed by atoms with Gasteiger partial charge < -0.3 is 14.6 Å². The van der Waals surface area contributed by atoms with Crippen molar-refractivity contribution in [3.05, 3.63) is 11.7 Å². The van der Waals surface area contributed by atoms with Gasteiger partial charge in [0.25, 0.3) is 0 Å². The van der Waals surface area contributed by atoms with Gasteiger partial charge in [-0.3, -0.25) is 0 Å². The molecule has 5 heteroatoms. The predicted molar refractivity (Wildman–Crippen MR) is 84.3 cm³/mol. The van der Waals surface area contributed by atoms with Gasteiger partial charge in [-0.1, -0.05) is 25.9 Å². The first-order valence-corrected chi connectivity index (χ1v) is 8.04. The SMILES string of the molecule is CCCNC(C)C(c1nc(C(C)(C)OCC)no1)C(C)C. The van der Waals surface area contributed by atoms with Gasteiger partial charge in [0.2, 0.25) is 11.7 Å². The summed E-state index contributed by atoms with van der Waals surface area (Å²) < 4.78 is 11.2. The fraction of sp³-hybridized carbons (Fsp3) is 0.875. The number of aromatic nitrogens is 2. The molecule has 1 N–H and O–H groups in total. The summed E-state index contributed by atoms with van der Waals surface area (Å²) in [7, 11) is 0. The molecule has 0 spiro atoms. The minimum atomic E-state index is -0.516. The van der Waals surface area contributed by atoms with Gasteiger partial charge in [-0.05, 0) is 46.6 Å². The van der Waals surface area contributed by atoms with E-state index in [9.17, 15) is 0 Å². The monoisotopic (exact) mass is 297 g/mol. The topological polar surface area (TPSA) is 60.2 Å². The number of ether oxygens (including phenoxy) is 1. The zero-order valence-corrected chi connectivity index (χ0v) is 14.6. The summed E-state index contributed by atoms with van der Waals surface area (Å²) in [5.41, 5.74) is -0.516. The highest BCUT2D eigenvalue weighted by Gasteiger charge is 2.32. The summed E-state index contributed by atoms with van der Waals surface area (Å²) in [4.78, 5) is 4.61. The Bertz CT molecular complexity index is 415. The van der Waals surface area contributed by atoms with Gasteiger partial charge in [-0.25, -0.2) is 0 Å². The Morgan fingerprint density at radius 3 is 2.43 bits per heavy atom. The lowest BCUT2D eigenvalue weighted by Gasteiger charge is -2.25. The summed E-state index contributed by atoms with van der Waals surface area (Å²) in [6, 6.07) is 0.299. The van der Waals surface area contributed by atoms with Crippen molar-refractivity contribution in [1.29, 1.82) is 0 Å². The molecule has 0 aliphatic rings. The molecule has 21 heavy (non-hydrogen) atoms. The third-order valence-electron chi connectivity index (χ3n) is 3.74. The minimum Gasteiger partial charge on any atom is -0.368 e. The molecular weight excluding hydrogens is 266 g/mol. The van der Waals surface area contributed by atoms with Crippen molar-refractivity contribution in [2.45, 2.75) is 72.4 Å². The Morgan fingerprint density at radius 1 is 1.24 bits per heavy atom. The van der Waals surface area contributed by atoms with E-state index in [-0.39, 0.29) is 5.92 Å². The molecule has 0 bridgehead atoms. The fourth-order valence-corrected chi connectivity index (χ4v) is 2.62. The Morgan fingerprint density at radius 2 is 1.90 bits per heavy atom. The summed E-state index contributed by atoms with van der Waals surface area (Å²) in [5.74, 6) is 1.94. The molecule has 1 rings (SSSR count). The van der Waals surface area contributed by atoms with Crippen molar-refractivity contribution in [2.75, 3.05) is 13.2 Å². The van der Waals surface area contributed by atoms with Crippen LogP contribution < -0.4 is 5.32 Å². The second-order valence-corrected chi connectivity index (χ2v) is 6.41. The largest absolute Gasteiger partial charge is 0.368 e. The van der Waals surface area contributed by atoms with E-state index in [1.165, 1.54) is 0 Å². The number of rotatable bonds is 9. The first-order valence-electron chi connectivity index (χ1n) is 8.04. The molecular formula is C16H31N3O2. The molecule has 1 aromatic rings. The maximum absolute atomic E-state index is 5.69. The Labute approximate surface area is 128 Å². The molecule has 0 saturated heterocycles. The molecule has 0 aromatic carbocycles. The lowest BCUT2D eigenvalue weighted by Crippen LogP contribution is -2.35. The van der Waals surface area contributed by atoms with Crippen LogP contribution in [0.25, 0.3) is 0 Å². The number of hydrogen-bond donors (Lipinski definition) is 1. The van der Waals surface area contributed by atoms with Crippen molar-refractivity contribution in [2.24, 2.45) is 5.92 Å². The van der Waals surface area contributed by atoms with Crippen LogP contribution in [-0.4, -0.2) is 29.3 Å². The lowest BCUT2D eigenvalue weighted by molar-refractivity contribution is -0.0221. The molecule has 2 unspecified atom stereocenters. The molecule has 0 aliphatic heterocycles. The maximum atomic E-state index is 5.69. The average Bonchev–Trinajstić information content (AvgIpc) is 2.86. The zero-order valence-electron chi connectivity index (χ0n) is 14.6. The van der Waals surface area contributed by atoms with Gasteiger partial charge in [0.1, 0.15) is 5.60 Å². The van der Waals surface area contributed by atoms with E-state index in [0.717, 1.165) is 13.0 Å². The van der Waals surface area contributed by atoms with Crippen LogP contribution >= 0.6 is 0 Å². The van der Waals surface area contributed by atoms with Gasteiger partial charge in [0, 0.05) is 12.6 Å². The molecule has 1 heterocycles. The highest BCUT2D eigenvalue weighted by molar-refractivity contribution is 5.04. The van der Waals surface area contributed by atoms with Crippen molar-refractivity contribution in [3.8, 4) is 0 Å². The van der Waals surface area contributed by atoms with E-state index in [1.807, 2.05) is 20.8 Å². The van der Waals surface area contributed by atoms with E-state index >= 15 is 0 Å². The molecule has 5 nitrogen and oxygen atoms in total. The van der Waals surface area contributed by atoms with E-state index in [0.29, 0.717) is 30.3 Å². The zero-order chi connectivity index (χ0) is 16.0. The predicted octanol–water partition coefficient (Wildman–Crippen LogP) is 3.47. The van der Waals surface area contributed by atoms with Crippen LogP contribution in [0.2, 0.25) is 0 Å². The summed E-state index contributed by atoms with van der Waals surface area (Å²) in [6.07, 6.45) is 1.11. The number of nitrogens with one attached hydrogen (secondary N) is 1. The molecule has 0 fully saturated rings. The van der Waals surface area contributed by atoms with Gasteiger partial charge in [-0.15, -0.1) is 0 Å². The second-order valence-electron chi connectivity index (χ2n) is 6.41. The van der Waals surface area contributed by atoms with Gasteiger partial charge >= 0.3 is 0 Å². The quantitative estimate of drug-likeness (QED) is 0.756. The van der Waals surface area contributed by atoms with E-state index in [1.54, 1.807) is 0 Å². The first kappa shape index (κ1) is 18.1. The third kappa shape index (κ3) is 4.78. The molecule has 0 saturated carbocycles. The fourth-order valence-electron chi connectivity index (χ4n) is 2.62. The molecule has 2 atom stereocenters. The van der Waals surface area contributed by atoms with Crippen molar-refractivity contribution >= 4 is 0 Å². The number of nitrogens with zero attached hydrogens (tertiary/aromatic N) is 2. The van der Waals surface area contributed by atoms with Crippen LogP contribution in [0.5, 0.6) is 0 Å². The smallest absolute Gasteiger partial charge is 0.231 e.